The summed E-state index contributed by atoms with van der Waals surface area (Å²) in [6, 6.07) is 4.28. The molecule has 0 radical (unpaired) electrons. The van der Waals surface area contributed by atoms with E-state index >= 15 is 0 Å². The van der Waals surface area contributed by atoms with Gasteiger partial charge in [0.05, 0.1) is 30.0 Å². The number of carbonyl (C=O) groups is 1. The van der Waals surface area contributed by atoms with E-state index in [1.165, 1.54) is 18.2 Å². The summed E-state index contributed by atoms with van der Waals surface area (Å²) in [5, 5.41) is 21.9. The van der Waals surface area contributed by atoms with Crippen LogP contribution in [-0.2, 0) is 9.47 Å². The quantitative estimate of drug-likeness (QED) is 0.445. The van der Waals surface area contributed by atoms with Crippen molar-refractivity contribution < 1.29 is 24.5 Å². The zero-order chi connectivity index (χ0) is 19.8. The Morgan fingerprint density at radius 3 is 2.35 bits per heavy atom. The van der Waals surface area contributed by atoms with Crippen molar-refractivity contribution in [1.29, 1.82) is 0 Å². The number of hydrogen-bond donors (Lipinski definition) is 4. The van der Waals surface area contributed by atoms with E-state index in [1.807, 2.05) is 27.7 Å². The second-order valence-electron chi connectivity index (χ2n) is 7.43. The Kier molecular flexibility index (Phi) is 8.33. The molecule has 1 aromatic carbocycles. The molecule has 0 fully saturated rings. The molecule has 7 heteroatoms. The normalized spacial score (nSPS) is 12.2. The molecule has 0 aromatic heterocycles. The van der Waals surface area contributed by atoms with Crippen LogP contribution in [0.2, 0.25) is 0 Å². The lowest BCUT2D eigenvalue weighted by molar-refractivity contribution is -0.0721. The summed E-state index contributed by atoms with van der Waals surface area (Å²) < 4.78 is 11.6. The number of phenolic OH excluding ortho intramolecular Hbond substituents is 2. The topological polar surface area (TPSA) is 114 Å². The maximum absolute atomic E-state index is 12.1. The fraction of sp³-hybridized carbons (Fsp3) is 0.632. The van der Waals surface area contributed by atoms with Crippen LogP contribution in [0.4, 0.5) is 0 Å². The van der Waals surface area contributed by atoms with Crippen molar-refractivity contribution in [2.45, 2.75) is 51.7 Å². The van der Waals surface area contributed by atoms with E-state index in [0.29, 0.717) is 32.7 Å². The molecule has 1 amide bonds. The standard InChI is InChI=1S/C19H32N2O5/c1-18(2,25-12-9-19(3,4)26-13-10-20)8-11-21-17(24)14-6-5-7-15(22)16(14)23/h5-7,22-23H,8-13,20H2,1-4H3,(H,21,24). The summed E-state index contributed by atoms with van der Waals surface area (Å²) in [4.78, 5) is 12.1. The maximum atomic E-state index is 12.1. The first-order valence-electron chi connectivity index (χ1n) is 8.85. The molecule has 1 aromatic rings. The molecule has 0 bridgehead atoms. The lowest BCUT2D eigenvalue weighted by Crippen LogP contribution is -2.35. The Labute approximate surface area is 155 Å². The zero-order valence-corrected chi connectivity index (χ0v) is 16.2. The number of phenols is 2. The lowest BCUT2D eigenvalue weighted by atomic mass is 10.0. The number of benzene rings is 1. The second kappa shape index (κ2) is 9.75. The van der Waals surface area contributed by atoms with E-state index in [0.717, 1.165) is 6.42 Å². The highest BCUT2D eigenvalue weighted by Crippen LogP contribution is 2.28. The van der Waals surface area contributed by atoms with Crippen LogP contribution in [0.5, 0.6) is 11.5 Å². The number of ether oxygens (including phenoxy) is 2. The van der Waals surface area contributed by atoms with Crippen LogP contribution < -0.4 is 11.1 Å². The minimum Gasteiger partial charge on any atom is -0.504 e. The first-order valence-corrected chi connectivity index (χ1v) is 8.85. The van der Waals surface area contributed by atoms with Crippen molar-refractivity contribution >= 4 is 5.91 Å². The summed E-state index contributed by atoms with van der Waals surface area (Å²) in [5.41, 5.74) is 4.78. The Morgan fingerprint density at radius 2 is 1.69 bits per heavy atom. The molecule has 0 saturated carbocycles. The summed E-state index contributed by atoms with van der Waals surface area (Å²) >= 11 is 0. The molecule has 0 unspecified atom stereocenters. The fourth-order valence-corrected chi connectivity index (χ4v) is 2.34. The molecule has 1 rings (SSSR count). The molecule has 26 heavy (non-hydrogen) atoms. The first kappa shape index (κ1) is 22.2. The van der Waals surface area contributed by atoms with Crippen molar-refractivity contribution in [1.82, 2.24) is 5.32 Å². The van der Waals surface area contributed by atoms with Crippen LogP contribution in [0.3, 0.4) is 0 Å². The maximum Gasteiger partial charge on any atom is 0.255 e. The molecule has 0 spiro atoms. The number of para-hydroxylation sites is 1. The molecule has 0 heterocycles. The predicted octanol–water partition coefficient (Wildman–Crippen LogP) is 2.16. The molecular formula is C19H32N2O5. The second-order valence-corrected chi connectivity index (χ2v) is 7.43. The van der Waals surface area contributed by atoms with Crippen LogP contribution in [0, 0.1) is 0 Å². The van der Waals surface area contributed by atoms with Gasteiger partial charge in [0.1, 0.15) is 0 Å². The van der Waals surface area contributed by atoms with E-state index in [-0.39, 0.29) is 16.9 Å². The molecule has 0 aliphatic rings. The van der Waals surface area contributed by atoms with E-state index in [2.05, 4.69) is 5.32 Å². The van der Waals surface area contributed by atoms with Crippen LogP contribution in [0.1, 0.15) is 50.9 Å². The largest absolute Gasteiger partial charge is 0.504 e. The summed E-state index contributed by atoms with van der Waals surface area (Å²) in [6.45, 7) is 9.84. The van der Waals surface area contributed by atoms with Crippen molar-refractivity contribution in [3.63, 3.8) is 0 Å². The number of nitrogens with one attached hydrogen (secondary N) is 1. The Hall–Kier alpha value is -1.83. The van der Waals surface area contributed by atoms with Gasteiger partial charge >= 0.3 is 0 Å². The van der Waals surface area contributed by atoms with E-state index in [4.69, 9.17) is 15.2 Å². The number of hydrogen-bond acceptors (Lipinski definition) is 6. The number of nitrogens with two attached hydrogens (primary N) is 1. The van der Waals surface area contributed by atoms with Gasteiger partial charge in [-0.25, -0.2) is 0 Å². The van der Waals surface area contributed by atoms with Gasteiger partial charge < -0.3 is 30.7 Å². The Balaban J connectivity index is 2.39. The van der Waals surface area contributed by atoms with Crippen LogP contribution >= 0.6 is 0 Å². The number of carbonyl (C=O) groups excluding carboxylic acids is 1. The summed E-state index contributed by atoms with van der Waals surface area (Å²) in [7, 11) is 0. The smallest absolute Gasteiger partial charge is 0.255 e. The first-order chi connectivity index (χ1) is 12.1. The van der Waals surface area contributed by atoms with Gasteiger partial charge in [-0.1, -0.05) is 6.07 Å². The van der Waals surface area contributed by atoms with E-state index in [1.54, 1.807) is 0 Å². The van der Waals surface area contributed by atoms with Gasteiger partial charge in [-0.3, -0.25) is 4.79 Å². The van der Waals surface area contributed by atoms with Gasteiger partial charge in [0.2, 0.25) is 0 Å². The minimum absolute atomic E-state index is 0.0440. The van der Waals surface area contributed by atoms with E-state index < -0.39 is 17.3 Å². The SMILES string of the molecule is CC(C)(CCNC(=O)c1cccc(O)c1O)OCCC(C)(C)OCCN. The third-order valence-electron chi connectivity index (χ3n) is 4.08. The molecule has 0 aliphatic heterocycles. The van der Waals surface area contributed by atoms with Crippen LogP contribution in [0.15, 0.2) is 18.2 Å². The molecule has 0 atom stereocenters. The predicted molar refractivity (Wildman–Crippen MR) is 100 cm³/mol. The molecule has 0 saturated heterocycles. The fourth-order valence-electron chi connectivity index (χ4n) is 2.34. The van der Waals surface area contributed by atoms with Gasteiger partial charge in [0.25, 0.3) is 5.91 Å². The monoisotopic (exact) mass is 368 g/mol. The van der Waals surface area contributed by atoms with E-state index in [9.17, 15) is 15.0 Å². The minimum atomic E-state index is -0.439. The summed E-state index contributed by atoms with van der Waals surface area (Å²) in [5.74, 6) is -1.17. The molecule has 148 valence electrons. The third kappa shape index (κ3) is 7.59. The van der Waals surface area contributed by atoms with Crippen molar-refractivity contribution in [2.24, 2.45) is 5.73 Å². The molecule has 5 N–H and O–H groups in total. The van der Waals surface area contributed by atoms with Gasteiger partial charge in [-0.2, -0.15) is 0 Å². The number of rotatable bonds is 11. The van der Waals surface area contributed by atoms with Gasteiger partial charge in [0, 0.05) is 13.1 Å². The highest BCUT2D eigenvalue weighted by molar-refractivity contribution is 5.97. The molecule has 7 nitrogen and oxygen atoms in total. The number of amides is 1. The van der Waals surface area contributed by atoms with Crippen molar-refractivity contribution in [3.05, 3.63) is 23.8 Å². The Morgan fingerprint density at radius 1 is 1.08 bits per heavy atom. The Bertz CT molecular complexity index is 587. The van der Waals surface area contributed by atoms with Crippen molar-refractivity contribution in [2.75, 3.05) is 26.3 Å². The van der Waals surface area contributed by atoms with Crippen molar-refractivity contribution in [3.8, 4) is 11.5 Å². The third-order valence-corrected chi connectivity index (χ3v) is 4.08. The molecule has 0 aliphatic carbocycles. The average Bonchev–Trinajstić information content (AvgIpc) is 2.54. The van der Waals surface area contributed by atoms with Gasteiger partial charge in [0.15, 0.2) is 11.5 Å². The average molecular weight is 368 g/mol. The molecular weight excluding hydrogens is 336 g/mol. The number of aromatic hydroxyl groups is 2. The highest BCUT2D eigenvalue weighted by atomic mass is 16.5. The highest BCUT2D eigenvalue weighted by Gasteiger charge is 2.23. The van der Waals surface area contributed by atoms with Crippen LogP contribution in [-0.4, -0.2) is 53.6 Å². The lowest BCUT2D eigenvalue weighted by Gasteiger charge is -2.29. The van der Waals surface area contributed by atoms with Gasteiger partial charge in [-0.15, -0.1) is 0 Å². The van der Waals surface area contributed by atoms with Crippen LogP contribution in [0.25, 0.3) is 0 Å². The summed E-state index contributed by atoms with van der Waals surface area (Å²) in [6.07, 6.45) is 1.34. The van der Waals surface area contributed by atoms with Gasteiger partial charge in [-0.05, 0) is 52.7 Å². The zero-order valence-electron chi connectivity index (χ0n) is 16.2.